The molecule has 0 saturated carbocycles. The summed E-state index contributed by atoms with van der Waals surface area (Å²) in [4.78, 5) is 11.7. The highest BCUT2D eigenvalue weighted by molar-refractivity contribution is 6.04. The van der Waals surface area contributed by atoms with E-state index in [1.807, 2.05) is 18.2 Å². The molecule has 0 spiro atoms. The molecule has 2 nitrogen and oxygen atoms in total. The van der Waals surface area contributed by atoms with Crippen LogP contribution in [0.4, 0.5) is 10.1 Å². The van der Waals surface area contributed by atoms with E-state index in [1.165, 1.54) is 18.2 Å². The Morgan fingerprint density at radius 2 is 1.88 bits per heavy atom. The molecule has 0 unspecified atom stereocenters. The molecule has 3 heteroatoms. The molecule has 0 saturated heterocycles. The highest BCUT2D eigenvalue weighted by atomic mass is 19.1. The van der Waals surface area contributed by atoms with E-state index in [9.17, 15) is 9.18 Å². The van der Waals surface area contributed by atoms with Crippen LogP contribution in [0.2, 0.25) is 0 Å². The van der Waals surface area contributed by atoms with Gasteiger partial charge in [0.25, 0.3) is 5.91 Å². The molecule has 0 aliphatic heterocycles. The van der Waals surface area contributed by atoms with Crippen molar-refractivity contribution in [3.63, 3.8) is 0 Å². The maximum atomic E-state index is 12.6. The van der Waals surface area contributed by atoms with Crippen LogP contribution in [0.3, 0.4) is 0 Å². The Labute approximate surface area is 92.7 Å². The average Bonchev–Trinajstić information content (AvgIpc) is 2.31. The molecule has 16 heavy (non-hydrogen) atoms. The van der Waals surface area contributed by atoms with E-state index in [1.54, 1.807) is 12.1 Å². The monoisotopic (exact) mass is 214 g/mol. The van der Waals surface area contributed by atoms with E-state index >= 15 is 0 Å². The Bertz CT molecular complexity index is 479. The first-order valence-corrected chi connectivity index (χ1v) is 4.79. The molecule has 0 heterocycles. The summed E-state index contributed by atoms with van der Waals surface area (Å²) in [7, 11) is 0. The predicted octanol–water partition coefficient (Wildman–Crippen LogP) is 2.88. The minimum Gasteiger partial charge on any atom is -0.322 e. The topological polar surface area (TPSA) is 29.1 Å². The Morgan fingerprint density at radius 3 is 2.50 bits per heavy atom. The Hall–Kier alpha value is -2.16. The molecule has 0 aromatic heterocycles. The van der Waals surface area contributed by atoms with E-state index in [0.29, 0.717) is 11.3 Å². The molecular formula is C13H9FNO. The molecule has 1 amide bonds. The van der Waals surface area contributed by atoms with Crippen LogP contribution in [-0.4, -0.2) is 5.91 Å². The molecule has 0 fully saturated rings. The van der Waals surface area contributed by atoms with Gasteiger partial charge in [-0.2, -0.15) is 0 Å². The third-order valence-electron chi connectivity index (χ3n) is 2.07. The number of carbonyl (C=O) groups excluding carboxylic acids is 1. The molecular weight excluding hydrogens is 205 g/mol. The van der Waals surface area contributed by atoms with Gasteiger partial charge in [-0.05, 0) is 30.3 Å². The predicted molar refractivity (Wildman–Crippen MR) is 59.6 cm³/mol. The summed E-state index contributed by atoms with van der Waals surface area (Å²) in [5, 5.41) is 2.70. The molecule has 0 aliphatic carbocycles. The Kier molecular flexibility index (Phi) is 2.96. The summed E-state index contributed by atoms with van der Waals surface area (Å²) in [6.45, 7) is 0. The first-order chi connectivity index (χ1) is 7.75. The molecule has 1 N–H and O–H groups in total. The second-order valence-electron chi connectivity index (χ2n) is 3.25. The second kappa shape index (κ2) is 4.57. The fraction of sp³-hybridized carbons (Fsp3) is 0. The van der Waals surface area contributed by atoms with Gasteiger partial charge in [0.2, 0.25) is 0 Å². The van der Waals surface area contributed by atoms with Crippen LogP contribution in [0.25, 0.3) is 0 Å². The minimum atomic E-state index is -0.476. The molecule has 0 bridgehead atoms. The normalized spacial score (nSPS) is 9.81. The zero-order chi connectivity index (χ0) is 11.4. The van der Waals surface area contributed by atoms with E-state index in [2.05, 4.69) is 11.4 Å². The summed E-state index contributed by atoms with van der Waals surface area (Å²) in [5.74, 6) is -0.751. The van der Waals surface area contributed by atoms with Crippen molar-refractivity contribution in [1.29, 1.82) is 0 Å². The van der Waals surface area contributed by atoms with Crippen LogP contribution in [0.1, 0.15) is 10.4 Å². The van der Waals surface area contributed by atoms with Crippen molar-refractivity contribution in [2.75, 3.05) is 5.32 Å². The Morgan fingerprint density at radius 1 is 1.12 bits per heavy atom. The standard InChI is InChI=1S/C13H9FNO/c14-11-8-6-10(7-9-11)13(16)15-12-4-2-1-3-5-12/h1-8H,(H,15,16). The third-order valence-corrected chi connectivity index (χ3v) is 2.07. The fourth-order valence-electron chi connectivity index (χ4n) is 1.27. The van der Waals surface area contributed by atoms with Gasteiger partial charge in [0.1, 0.15) is 5.82 Å². The van der Waals surface area contributed by atoms with E-state index in [-0.39, 0.29) is 5.91 Å². The number of halogens is 1. The van der Waals surface area contributed by atoms with Crippen molar-refractivity contribution in [3.05, 3.63) is 66.0 Å². The minimum absolute atomic E-state index is 0.276. The van der Waals surface area contributed by atoms with E-state index in [0.717, 1.165) is 0 Å². The molecule has 2 rings (SSSR count). The van der Waals surface area contributed by atoms with Crippen molar-refractivity contribution in [2.45, 2.75) is 0 Å². The van der Waals surface area contributed by atoms with Crippen molar-refractivity contribution in [1.82, 2.24) is 0 Å². The van der Waals surface area contributed by atoms with Gasteiger partial charge < -0.3 is 5.32 Å². The van der Waals surface area contributed by atoms with Gasteiger partial charge >= 0.3 is 0 Å². The number of amides is 1. The highest BCUT2D eigenvalue weighted by Gasteiger charge is 2.05. The number of para-hydroxylation sites is 1. The number of hydrogen-bond donors (Lipinski definition) is 1. The van der Waals surface area contributed by atoms with Crippen LogP contribution in [0.15, 0.2) is 48.5 Å². The van der Waals surface area contributed by atoms with Gasteiger partial charge in [-0.3, -0.25) is 4.79 Å². The first-order valence-electron chi connectivity index (χ1n) is 4.79. The summed E-state index contributed by atoms with van der Waals surface area (Å²) in [6, 6.07) is 15.4. The zero-order valence-electron chi connectivity index (χ0n) is 8.41. The summed E-state index contributed by atoms with van der Waals surface area (Å²) >= 11 is 0. The smallest absolute Gasteiger partial charge is 0.255 e. The largest absolute Gasteiger partial charge is 0.322 e. The van der Waals surface area contributed by atoms with Gasteiger partial charge in [0, 0.05) is 17.3 Å². The lowest BCUT2D eigenvalue weighted by Gasteiger charge is -2.04. The quantitative estimate of drug-likeness (QED) is 0.818. The summed E-state index contributed by atoms with van der Waals surface area (Å²) < 4.78 is 12.6. The number of hydrogen-bond acceptors (Lipinski definition) is 1. The average molecular weight is 214 g/mol. The van der Waals surface area contributed by atoms with Crippen LogP contribution < -0.4 is 5.32 Å². The lowest BCUT2D eigenvalue weighted by Crippen LogP contribution is -2.11. The SMILES string of the molecule is O=C(Nc1ccccc1)c1c[c]c(F)cc1. The second-order valence-corrected chi connectivity index (χ2v) is 3.25. The van der Waals surface area contributed by atoms with Crippen molar-refractivity contribution in [2.24, 2.45) is 0 Å². The molecule has 79 valence electrons. The molecule has 1 radical (unpaired) electrons. The third kappa shape index (κ3) is 2.45. The van der Waals surface area contributed by atoms with Crippen molar-refractivity contribution < 1.29 is 9.18 Å². The lowest BCUT2D eigenvalue weighted by atomic mass is 10.2. The van der Waals surface area contributed by atoms with Gasteiger partial charge in [0.15, 0.2) is 0 Å². The maximum Gasteiger partial charge on any atom is 0.255 e. The number of benzene rings is 2. The molecule has 0 aliphatic rings. The van der Waals surface area contributed by atoms with Crippen molar-refractivity contribution in [3.8, 4) is 0 Å². The van der Waals surface area contributed by atoms with Gasteiger partial charge in [-0.25, -0.2) is 4.39 Å². The van der Waals surface area contributed by atoms with Gasteiger partial charge in [-0.15, -0.1) is 0 Å². The van der Waals surface area contributed by atoms with Crippen LogP contribution in [-0.2, 0) is 0 Å². The number of carbonyl (C=O) groups is 1. The number of rotatable bonds is 2. The summed E-state index contributed by atoms with van der Waals surface area (Å²) in [5.41, 5.74) is 1.09. The lowest BCUT2D eigenvalue weighted by molar-refractivity contribution is 0.102. The highest BCUT2D eigenvalue weighted by Crippen LogP contribution is 2.08. The van der Waals surface area contributed by atoms with Crippen LogP contribution in [0.5, 0.6) is 0 Å². The van der Waals surface area contributed by atoms with Crippen LogP contribution >= 0.6 is 0 Å². The number of nitrogens with one attached hydrogen (secondary N) is 1. The van der Waals surface area contributed by atoms with Crippen LogP contribution in [0, 0.1) is 11.9 Å². The Balaban J connectivity index is 2.12. The van der Waals surface area contributed by atoms with Gasteiger partial charge in [-0.1, -0.05) is 18.2 Å². The molecule has 2 aromatic rings. The molecule has 0 atom stereocenters. The number of anilines is 1. The van der Waals surface area contributed by atoms with Crippen molar-refractivity contribution >= 4 is 11.6 Å². The summed E-state index contributed by atoms with van der Waals surface area (Å²) in [6.07, 6.45) is 0. The first kappa shape index (κ1) is 10.4. The fourth-order valence-corrected chi connectivity index (χ4v) is 1.27. The van der Waals surface area contributed by atoms with E-state index in [4.69, 9.17) is 0 Å². The maximum absolute atomic E-state index is 12.6. The zero-order valence-corrected chi connectivity index (χ0v) is 8.41. The van der Waals surface area contributed by atoms with E-state index < -0.39 is 5.82 Å². The molecule has 2 aromatic carbocycles. The van der Waals surface area contributed by atoms with Gasteiger partial charge in [0.05, 0.1) is 0 Å².